The molecular weight excluding hydrogens is 175 g/mol. The Labute approximate surface area is 74.5 Å². The summed E-state index contributed by atoms with van der Waals surface area (Å²) in [7, 11) is 1.22. The Morgan fingerprint density at radius 2 is 2.23 bits per heavy atom. The van der Waals surface area contributed by atoms with Crippen LogP contribution in [0, 0.1) is 5.82 Å². The topological polar surface area (TPSA) is 64.3 Å². The van der Waals surface area contributed by atoms with Gasteiger partial charge in [-0.15, -0.1) is 0 Å². The Hall–Kier alpha value is -1.78. The highest BCUT2D eigenvalue weighted by molar-refractivity contribution is 5.85. The van der Waals surface area contributed by atoms with Gasteiger partial charge in [-0.2, -0.15) is 0 Å². The third kappa shape index (κ3) is 2.62. The van der Waals surface area contributed by atoms with Gasteiger partial charge < -0.3 is 10.5 Å². The quantitative estimate of drug-likeness (QED) is 0.651. The standard InChI is InChI=1S/C8H9FN2O2/c1-13-8(12)11-7-3-5(9)2-6(10)4-7/h2-4H,10H2,1H3,(H,11,12). The summed E-state index contributed by atoms with van der Waals surface area (Å²) >= 11 is 0. The second-order valence-corrected chi connectivity index (χ2v) is 2.39. The van der Waals surface area contributed by atoms with Gasteiger partial charge in [-0.05, 0) is 18.2 Å². The van der Waals surface area contributed by atoms with Crippen molar-refractivity contribution in [3.8, 4) is 0 Å². The van der Waals surface area contributed by atoms with Gasteiger partial charge in [0.2, 0.25) is 0 Å². The van der Waals surface area contributed by atoms with E-state index in [-0.39, 0.29) is 11.4 Å². The number of nitrogens with two attached hydrogens (primary N) is 1. The monoisotopic (exact) mass is 184 g/mol. The van der Waals surface area contributed by atoms with Crippen molar-refractivity contribution in [3.05, 3.63) is 24.0 Å². The molecule has 0 saturated carbocycles. The Morgan fingerprint density at radius 3 is 2.77 bits per heavy atom. The number of amides is 1. The number of halogens is 1. The molecule has 0 atom stereocenters. The number of anilines is 2. The molecule has 0 unspecified atom stereocenters. The molecule has 5 heteroatoms. The molecule has 0 saturated heterocycles. The number of carbonyl (C=O) groups is 1. The molecule has 4 nitrogen and oxygen atoms in total. The lowest BCUT2D eigenvalue weighted by Crippen LogP contribution is -2.11. The van der Waals surface area contributed by atoms with Crippen molar-refractivity contribution < 1.29 is 13.9 Å². The fraction of sp³-hybridized carbons (Fsp3) is 0.125. The molecule has 1 rings (SSSR count). The van der Waals surface area contributed by atoms with Crippen LogP contribution in [0.25, 0.3) is 0 Å². The number of hydrogen-bond donors (Lipinski definition) is 2. The largest absolute Gasteiger partial charge is 0.453 e. The number of ether oxygens (including phenoxy) is 1. The molecule has 13 heavy (non-hydrogen) atoms. The van der Waals surface area contributed by atoms with E-state index in [0.29, 0.717) is 0 Å². The summed E-state index contributed by atoms with van der Waals surface area (Å²) in [4.78, 5) is 10.7. The zero-order chi connectivity index (χ0) is 9.84. The molecule has 1 amide bonds. The van der Waals surface area contributed by atoms with E-state index in [9.17, 15) is 9.18 Å². The number of nitrogen functional groups attached to an aromatic ring is 1. The van der Waals surface area contributed by atoms with E-state index in [1.165, 1.54) is 13.2 Å². The minimum absolute atomic E-state index is 0.242. The average molecular weight is 184 g/mol. The number of nitrogens with one attached hydrogen (secondary N) is 1. The summed E-state index contributed by atoms with van der Waals surface area (Å²) in [6.45, 7) is 0. The van der Waals surface area contributed by atoms with Crippen molar-refractivity contribution in [2.75, 3.05) is 18.2 Å². The zero-order valence-electron chi connectivity index (χ0n) is 7.00. The van der Waals surface area contributed by atoms with Crippen molar-refractivity contribution in [2.24, 2.45) is 0 Å². The molecule has 0 spiro atoms. The Bertz CT molecular complexity index is 308. The van der Waals surface area contributed by atoms with Crippen molar-refractivity contribution in [1.82, 2.24) is 0 Å². The normalized spacial score (nSPS) is 9.38. The number of benzene rings is 1. The van der Waals surface area contributed by atoms with Crippen LogP contribution >= 0.6 is 0 Å². The van der Waals surface area contributed by atoms with Gasteiger partial charge in [0.25, 0.3) is 0 Å². The second-order valence-electron chi connectivity index (χ2n) is 2.39. The highest BCUT2D eigenvalue weighted by atomic mass is 19.1. The molecule has 0 aliphatic rings. The SMILES string of the molecule is COC(=O)Nc1cc(N)cc(F)c1. The lowest BCUT2D eigenvalue weighted by atomic mass is 10.3. The van der Waals surface area contributed by atoms with Crippen molar-refractivity contribution in [3.63, 3.8) is 0 Å². The van der Waals surface area contributed by atoms with Crippen LogP contribution in [-0.4, -0.2) is 13.2 Å². The molecule has 0 heterocycles. The van der Waals surface area contributed by atoms with Gasteiger partial charge in [0.15, 0.2) is 0 Å². The van der Waals surface area contributed by atoms with E-state index in [1.807, 2.05) is 0 Å². The van der Waals surface area contributed by atoms with Crippen molar-refractivity contribution in [1.29, 1.82) is 0 Å². The van der Waals surface area contributed by atoms with Crippen LogP contribution in [0.5, 0.6) is 0 Å². The summed E-state index contributed by atoms with van der Waals surface area (Å²) in [6, 6.07) is 3.73. The number of methoxy groups -OCH3 is 1. The van der Waals surface area contributed by atoms with Gasteiger partial charge in [0, 0.05) is 11.4 Å². The predicted octanol–water partition coefficient (Wildman–Crippen LogP) is 1.59. The summed E-state index contributed by atoms with van der Waals surface area (Å²) in [5.74, 6) is -0.508. The van der Waals surface area contributed by atoms with Crippen LogP contribution in [0.4, 0.5) is 20.6 Å². The molecule has 1 aromatic carbocycles. The summed E-state index contributed by atoms with van der Waals surface area (Å²) < 4.78 is 17.0. The van der Waals surface area contributed by atoms with Crippen LogP contribution in [0.1, 0.15) is 0 Å². The molecule has 0 bridgehead atoms. The third-order valence-corrected chi connectivity index (χ3v) is 1.35. The first-order valence-electron chi connectivity index (χ1n) is 3.53. The Kier molecular flexibility index (Phi) is 2.69. The zero-order valence-corrected chi connectivity index (χ0v) is 7.00. The lowest BCUT2D eigenvalue weighted by Gasteiger charge is -2.04. The van der Waals surface area contributed by atoms with Gasteiger partial charge in [-0.3, -0.25) is 5.32 Å². The Morgan fingerprint density at radius 1 is 1.54 bits per heavy atom. The van der Waals surface area contributed by atoms with Gasteiger partial charge >= 0.3 is 6.09 Å². The summed E-state index contributed by atoms with van der Waals surface area (Å²) in [6.07, 6.45) is -0.662. The molecule has 0 fully saturated rings. The molecule has 70 valence electrons. The molecule has 1 aromatic rings. The van der Waals surface area contributed by atoms with E-state index < -0.39 is 11.9 Å². The van der Waals surface area contributed by atoms with Gasteiger partial charge in [0.05, 0.1) is 7.11 Å². The van der Waals surface area contributed by atoms with E-state index >= 15 is 0 Å². The van der Waals surface area contributed by atoms with Crippen molar-refractivity contribution in [2.45, 2.75) is 0 Å². The predicted molar refractivity (Wildman–Crippen MR) is 46.8 cm³/mol. The van der Waals surface area contributed by atoms with Crippen LogP contribution < -0.4 is 11.1 Å². The average Bonchev–Trinajstić information content (AvgIpc) is 2.02. The van der Waals surface area contributed by atoms with E-state index in [1.54, 1.807) is 0 Å². The van der Waals surface area contributed by atoms with E-state index in [0.717, 1.165) is 12.1 Å². The third-order valence-electron chi connectivity index (χ3n) is 1.35. The Balaban J connectivity index is 2.83. The minimum Gasteiger partial charge on any atom is -0.453 e. The minimum atomic E-state index is -0.662. The second kappa shape index (κ2) is 3.75. The number of hydrogen-bond acceptors (Lipinski definition) is 3. The molecule has 0 aliphatic carbocycles. The maximum atomic E-state index is 12.7. The van der Waals surface area contributed by atoms with Crippen LogP contribution in [0.15, 0.2) is 18.2 Å². The highest BCUT2D eigenvalue weighted by Crippen LogP contribution is 2.15. The number of rotatable bonds is 1. The molecule has 3 N–H and O–H groups in total. The summed E-state index contributed by atoms with van der Waals surface area (Å²) in [5, 5.41) is 2.29. The molecule has 0 aromatic heterocycles. The highest BCUT2D eigenvalue weighted by Gasteiger charge is 2.02. The van der Waals surface area contributed by atoms with Gasteiger partial charge in [0.1, 0.15) is 5.82 Å². The molecule has 0 radical (unpaired) electrons. The van der Waals surface area contributed by atoms with Gasteiger partial charge in [-0.1, -0.05) is 0 Å². The van der Waals surface area contributed by atoms with Crippen molar-refractivity contribution >= 4 is 17.5 Å². The van der Waals surface area contributed by atoms with Crippen LogP contribution in [0.3, 0.4) is 0 Å². The number of carbonyl (C=O) groups excluding carboxylic acids is 1. The fourth-order valence-electron chi connectivity index (χ4n) is 0.853. The lowest BCUT2D eigenvalue weighted by molar-refractivity contribution is 0.187. The maximum Gasteiger partial charge on any atom is 0.411 e. The van der Waals surface area contributed by atoms with E-state index in [2.05, 4.69) is 10.1 Å². The van der Waals surface area contributed by atoms with E-state index in [4.69, 9.17) is 5.73 Å². The van der Waals surface area contributed by atoms with Crippen LogP contribution in [-0.2, 0) is 4.74 Å². The molecular formula is C8H9FN2O2. The first-order valence-corrected chi connectivity index (χ1v) is 3.53. The smallest absolute Gasteiger partial charge is 0.411 e. The summed E-state index contributed by atoms with van der Waals surface area (Å²) in [5.41, 5.74) is 5.85. The first kappa shape index (κ1) is 9.31. The molecule has 0 aliphatic heterocycles. The first-order chi connectivity index (χ1) is 6.11. The van der Waals surface area contributed by atoms with Gasteiger partial charge in [-0.25, -0.2) is 9.18 Å². The maximum absolute atomic E-state index is 12.7. The van der Waals surface area contributed by atoms with Crippen LogP contribution in [0.2, 0.25) is 0 Å². The fourth-order valence-corrected chi connectivity index (χ4v) is 0.853.